The average Bonchev–Trinajstić information content (AvgIpc) is 3.73. The van der Waals surface area contributed by atoms with Crippen LogP contribution in [-0.2, 0) is 5.41 Å². The Labute approximate surface area is 304 Å². The molecule has 1 heterocycles. The van der Waals surface area contributed by atoms with E-state index in [1.54, 1.807) is 0 Å². The van der Waals surface area contributed by atoms with Crippen LogP contribution in [-0.4, -0.2) is 0 Å². The van der Waals surface area contributed by atoms with E-state index in [0.717, 1.165) is 39.0 Å². The summed E-state index contributed by atoms with van der Waals surface area (Å²) in [5, 5.41) is 2.24. The van der Waals surface area contributed by atoms with Crippen LogP contribution in [0.2, 0.25) is 0 Å². The lowest BCUT2D eigenvalue weighted by Crippen LogP contribution is -2.37. The molecule has 3 atom stereocenters. The Morgan fingerprint density at radius 3 is 1.96 bits per heavy atom. The van der Waals surface area contributed by atoms with Gasteiger partial charge in [-0.15, -0.1) is 0 Å². The van der Waals surface area contributed by atoms with Crippen molar-refractivity contribution in [2.45, 2.75) is 12.3 Å². The van der Waals surface area contributed by atoms with Crippen molar-refractivity contribution in [3.8, 4) is 11.1 Å². The van der Waals surface area contributed by atoms with Crippen molar-refractivity contribution >= 4 is 44.6 Å². The summed E-state index contributed by atoms with van der Waals surface area (Å²) in [6.07, 6.45) is 6.95. The van der Waals surface area contributed by atoms with Gasteiger partial charge >= 0.3 is 0 Å². The number of anilines is 3. The number of hydrogen-bond acceptors (Lipinski definition) is 2. The normalized spacial score (nSPS) is 19.0. The van der Waals surface area contributed by atoms with E-state index in [9.17, 15) is 0 Å². The van der Waals surface area contributed by atoms with Crippen molar-refractivity contribution in [1.29, 1.82) is 0 Å². The summed E-state index contributed by atoms with van der Waals surface area (Å²) in [5.41, 5.74) is 13.7. The molecule has 1 aromatic heterocycles. The molecule has 0 radical (unpaired) electrons. The molecule has 0 fully saturated rings. The molecule has 0 saturated carbocycles. The molecule has 3 unspecified atom stereocenters. The van der Waals surface area contributed by atoms with Crippen molar-refractivity contribution in [2.24, 2.45) is 11.8 Å². The summed E-state index contributed by atoms with van der Waals surface area (Å²) in [7, 11) is 0. The number of para-hydroxylation sites is 2. The Morgan fingerprint density at radius 2 is 1.17 bits per heavy atom. The van der Waals surface area contributed by atoms with Crippen molar-refractivity contribution in [2.75, 3.05) is 4.90 Å². The van der Waals surface area contributed by atoms with E-state index >= 15 is 0 Å². The fourth-order valence-corrected chi connectivity index (χ4v) is 9.19. The quantitative estimate of drug-likeness (QED) is 0.175. The smallest absolute Gasteiger partial charge is 0.137 e. The first kappa shape index (κ1) is 30.4. The summed E-state index contributed by atoms with van der Waals surface area (Å²) < 4.78 is 6.91. The maximum absolute atomic E-state index is 6.91. The minimum absolute atomic E-state index is 0.259. The SMILES string of the molecule is CC1C=CC=C2c3ccccc3C(c3ccccc3)(c3ccc4c(c3)oc3cc(N(c5ccccc5)c5ccccc5-c5ccccc5)ccc34)C21. The van der Waals surface area contributed by atoms with Crippen LogP contribution >= 0.6 is 0 Å². The molecule has 248 valence electrons. The molecule has 0 saturated heterocycles. The number of rotatable bonds is 6. The second kappa shape index (κ2) is 12.1. The number of allylic oxidation sites excluding steroid dienone is 4. The molecule has 2 aliphatic rings. The molecule has 0 spiro atoms. The Balaban J connectivity index is 1.16. The number of hydrogen-bond donors (Lipinski definition) is 0. The van der Waals surface area contributed by atoms with Crippen LogP contribution in [0.3, 0.4) is 0 Å². The highest BCUT2D eigenvalue weighted by atomic mass is 16.3. The molecule has 52 heavy (non-hydrogen) atoms. The Morgan fingerprint density at radius 1 is 0.538 bits per heavy atom. The highest BCUT2D eigenvalue weighted by Crippen LogP contribution is 2.61. The molecule has 7 aromatic carbocycles. The molecular weight excluding hydrogens is 631 g/mol. The predicted molar refractivity (Wildman–Crippen MR) is 216 cm³/mol. The molecular formula is C50H37NO. The monoisotopic (exact) mass is 667 g/mol. The van der Waals surface area contributed by atoms with Crippen molar-refractivity contribution in [3.63, 3.8) is 0 Å². The number of benzene rings is 7. The highest BCUT2D eigenvalue weighted by Gasteiger charge is 2.53. The number of fused-ring (bicyclic) bond motifs is 6. The van der Waals surface area contributed by atoms with Crippen LogP contribution in [0.25, 0.3) is 38.6 Å². The zero-order valence-electron chi connectivity index (χ0n) is 29.0. The molecule has 8 aromatic rings. The molecule has 10 rings (SSSR count). The standard InChI is InChI=1S/C50H37NO/c1-34-16-15-25-44-41-24-11-13-26-45(41)50(49(34)44,36-19-7-3-8-20-36)37-28-30-42-43-31-29-39(33-48(43)52-47(42)32-37)51(38-21-9-4-10-22-38)46-27-14-12-23-40(46)35-17-5-2-6-18-35/h2-34,49H,1H3. The maximum atomic E-state index is 6.91. The molecule has 0 amide bonds. The van der Waals surface area contributed by atoms with Gasteiger partial charge in [0, 0.05) is 39.7 Å². The van der Waals surface area contributed by atoms with E-state index in [2.05, 4.69) is 206 Å². The third-order valence-corrected chi connectivity index (χ3v) is 11.3. The van der Waals surface area contributed by atoms with Gasteiger partial charge < -0.3 is 9.32 Å². The van der Waals surface area contributed by atoms with Crippen molar-refractivity contribution < 1.29 is 4.42 Å². The summed E-state index contributed by atoms with van der Waals surface area (Å²) in [6.45, 7) is 2.37. The minimum Gasteiger partial charge on any atom is -0.456 e. The zero-order chi connectivity index (χ0) is 34.6. The lowest BCUT2D eigenvalue weighted by Gasteiger charge is -2.41. The van der Waals surface area contributed by atoms with Gasteiger partial charge in [0.2, 0.25) is 0 Å². The Kier molecular flexibility index (Phi) is 7.11. The van der Waals surface area contributed by atoms with Gasteiger partial charge in [0.15, 0.2) is 0 Å². The number of furan rings is 1. The molecule has 2 heteroatoms. The lowest BCUT2D eigenvalue weighted by atomic mass is 9.60. The van der Waals surface area contributed by atoms with Gasteiger partial charge in [-0.1, -0.05) is 159 Å². The fraction of sp³-hybridized carbons (Fsp3) is 0.0800. The van der Waals surface area contributed by atoms with Gasteiger partial charge in [-0.2, -0.15) is 0 Å². The lowest BCUT2D eigenvalue weighted by molar-refractivity contribution is 0.399. The maximum Gasteiger partial charge on any atom is 0.137 e. The van der Waals surface area contributed by atoms with Crippen LogP contribution in [0.5, 0.6) is 0 Å². The molecule has 0 aliphatic heterocycles. The van der Waals surface area contributed by atoms with E-state index in [4.69, 9.17) is 4.42 Å². The first-order chi connectivity index (χ1) is 25.7. The first-order valence-electron chi connectivity index (χ1n) is 18.2. The van der Waals surface area contributed by atoms with Gasteiger partial charge in [0.1, 0.15) is 11.2 Å². The largest absolute Gasteiger partial charge is 0.456 e. The highest BCUT2D eigenvalue weighted by molar-refractivity contribution is 6.07. The molecule has 0 bridgehead atoms. The van der Waals surface area contributed by atoms with Crippen LogP contribution < -0.4 is 4.90 Å². The van der Waals surface area contributed by atoms with Gasteiger partial charge in [-0.05, 0) is 75.7 Å². The van der Waals surface area contributed by atoms with E-state index in [0.29, 0.717) is 5.92 Å². The fourth-order valence-electron chi connectivity index (χ4n) is 9.19. The third-order valence-electron chi connectivity index (χ3n) is 11.3. The second-order valence-corrected chi connectivity index (χ2v) is 14.1. The van der Waals surface area contributed by atoms with Gasteiger partial charge in [-0.25, -0.2) is 0 Å². The van der Waals surface area contributed by atoms with Crippen LogP contribution in [0.15, 0.2) is 199 Å². The van der Waals surface area contributed by atoms with Crippen molar-refractivity contribution in [3.05, 3.63) is 216 Å². The van der Waals surface area contributed by atoms with E-state index < -0.39 is 0 Å². The summed E-state index contributed by atoms with van der Waals surface area (Å²) >= 11 is 0. The third kappa shape index (κ3) is 4.57. The molecule has 0 N–H and O–H groups in total. The first-order valence-corrected chi connectivity index (χ1v) is 18.2. The summed E-state index contributed by atoms with van der Waals surface area (Å²) in [4.78, 5) is 2.34. The number of nitrogens with zero attached hydrogens (tertiary/aromatic N) is 1. The van der Waals surface area contributed by atoms with E-state index in [1.807, 2.05) is 0 Å². The van der Waals surface area contributed by atoms with Gasteiger partial charge in [-0.3, -0.25) is 0 Å². The summed E-state index contributed by atoms with van der Waals surface area (Å²) in [5.74, 6) is 0.610. The minimum atomic E-state index is -0.364. The second-order valence-electron chi connectivity index (χ2n) is 14.1. The predicted octanol–water partition coefficient (Wildman–Crippen LogP) is 13.3. The molecule has 2 nitrogen and oxygen atoms in total. The average molecular weight is 668 g/mol. The Hall–Kier alpha value is -6.38. The summed E-state index contributed by atoms with van der Waals surface area (Å²) in [6, 6.07) is 63.6. The molecule has 2 aliphatic carbocycles. The van der Waals surface area contributed by atoms with Gasteiger partial charge in [0.25, 0.3) is 0 Å². The van der Waals surface area contributed by atoms with Crippen molar-refractivity contribution in [1.82, 2.24) is 0 Å². The zero-order valence-corrected chi connectivity index (χ0v) is 29.0. The van der Waals surface area contributed by atoms with Crippen LogP contribution in [0.4, 0.5) is 17.1 Å². The van der Waals surface area contributed by atoms with E-state index in [1.165, 1.54) is 39.0 Å². The van der Waals surface area contributed by atoms with E-state index in [-0.39, 0.29) is 11.3 Å². The van der Waals surface area contributed by atoms with Gasteiger partial charge in [0.05, 0.1) is 11.1 Å². The topological polar surface area (TPSA) is 16.4 Å². The van der Waals surface area contributed by atoms with Crippen LogP contribution in [0, 0.1) is 11.8 Å². The Bertz CT molecular complexity index is 2650. The van der Waals surface area contributed by atoms with Crippen LogP contribution in [0.1, 0.15) is 29.2 Å².